The average Bonchev–Trinajstić information content (AvgIpc) is 2.30. The van der Waals surface area contributed by atoms with Gasteiger partial charge in [-0.05, 0) is 6.92 Å². The molecule has 0 aliphatic carbocycles. The number of hydrogen-bond donors (Lipinski definition) is 2. The van der Waals surface area contributed by atoms with E-state index >= 15 is 0 Å². The van der Waals surface area contributed by atoms with Crippen molar-refractivity contribution < 1.29 is 24.0 Å². The van der Waals surface area contributed by atoms with E-state index in [4.69, 9.17) is 4.74 Å². The highest BCUT2D eigenvalue weighted by molar-refractivity contribution is 7.17. The van der Waals surface area contributed by atoms with Crippen LogP contribution in [0.25, 0.3) is 0 Å². The van der Waals surface area contributed by atoms with E-state index < -0.39 is 33.1 Å². The minimum absolute atomic E-state index is 0.0215. The van der Waals surface area contributed by atoms with Crippen molar-refractivity contribution in [2.24, 2.45) is 0 Å². The van der Waals surface area contributed by atoms with Crippen LogP contribution in [0.15, 0.2) is 0 Å². The molecule has 0 saturated carbocycles. The molecule has 0 bridgehead atoms. The average molecular weight is 194 g/mol. The predicted molar refractivity (Wildman–Crippen MR) is 39.9 cm³/mol. The molecule has 5 nitrogen and oxygen atoms in total. The first-order chi connectivity index (χ1) is 5.66. The van der Waals surface area contributed by atoms with Crippen molar-refractivity contribution in [2.45, 2.75) is 31.3 Å². The molecule has 0 aromatic carbocycles. The van der Waals surface area contributed by atoms with Gasteiger partial charge in [0.15, 0.2) is 0 Å². The Balaban J connectivity index is 2.41. The summed E-state index contributed by atoms with van der Waals surface area (Å²) < 4.78 is 19.5. The first-order valence-corrected chi connectivity index (χ1v) is 4.36. The number of aliphatic hydroxyl groups excluding tert-OH is 2. The highest BCUT2D eigenvalue weighted by Crippen LogP contribution is 2.21. The predicted octanol–water partition coefficient (Wildman–Crippen LogP) is -0.281. The van der Waals surface area contributed by atoms with Gasteiger partial charge in [0.2, 0.25) is 0 Å². The molecule has 1 rings (SSSR count). The third kappa shape index (κ3) is 2.00. The van der Waals surface area contributed by atoms with Gasteiger partial charge in [-0.25, -0.2) is 4.57 Å². The van der Waals surface area contributed by atoms with Gasteiger partial charge in [0.25, 0.3) is 0 Å². The third-order valence-corrected chi connectivity index (χ3v) is 2.15. The molecule has 1 aliphatic rings. The maximum absolute atomic E-state index is 9.91. The molecule has 0 amide bonds. The van der Waals surface area contributed by atoms with Gasteiger partial charge in [-0.2, -0.15) is 0 Å². The molecule has 1 fully saturated rings. The van der Waals surface area contributed by atoms with Crippen LogP contribution in [0.4, 0.5) is 0 Å². The molecule has 6 heteroatoms. The summed E-state index contributed by atoms with van der Waals surface area (Å²) in [6.45, 7) is 1.68. The zero-order chi connectivity index (χ0) is 9.14. The molecule has 70 valence electrons. The Morgan fingerprint density at radius 1 is 1.50 bits per heavy atom. The van der Waals surface area contributed by atoms with E-state index in [1.165, 1.54) is 0 Å². The molecule has 1 heterocycles. The van der Waals surface area contributed by atoms with Crippen molar-refractivity contribution in [3.63, 3.8) is 0 Å². The van der Waals surface area contributed by atoms with E-state index in [0.717, 1.165) is 0 Å². The standard InChI is InChI=1S/C6H11O5P/c1-3-5(7)6(8)4(11-3)2-10-12-9/h3-8H,2H2,1H3/t3?,4-,5+,6-/m1/s1. The molecule has 0 aromatic heterocycles. The van der Waals surface area contributed by atoms with Gasteiger partial charge >= 0.3 is 8.69 Å². The fraction of sp³-hybridized carbons (Fsp3) is 1.00. The fourth-order valence-electron chi connectivity index (χ4n) is 1.18. The Hall–Kier alpha value is -0.0600. The lowest BCUT2D eigenvalue weighted by molar-refractivity contribution is -0.00845. The molecule has 4 atom stereocenters. The van der Waals surface area contributed by atoms with E-state index in [-0.39, 0.29) is 6.61 Å². The molecular formula is C6H11O5P. The van der Waals surface area contributed by atoms with Gasteiger partial charge in [-0.3, -0.25) is 4.52 Å². The molecule has 0 aromatic rings. The van der Waals surface area contributed by atoms with Crippen molar-refractivity contribution in [1.29, 1.82) is 0 Å². The van der Waals surface area contributed by atoms with E-state index in [0.29, 0.717) is 0 Å². The minimum Gasteiger partial charge on any atom is -0.388 e. The molecule has 0 radical (unpaired) electrons. The van der Waals surface area contributed by atoms with Crippen molar-refractivity contribution in [3.05, 3.63) is 0 Å². The van der Waals surface area contributed by atoms with Crippen LogP contribution in [0.2, 0.25) is 0 Å². The van der Waals surface area contributed by atoms with Gasteiger partial charge in [-0.15, -0.1) is 0 Å². The Morgan fingerprint density at radius 3 is 2.58 bits per heavy atom. The van der Waals surface area contributed by atoms with Gasteiger partial charge in [0.1, 0.15) is 18.3 Å². The first-order valence-electron chi connectivity index (χ1n) is 3.63. The van der Waals surface area contributed by atoms with Crippen molar-refractivity contribution in [2.75, 3.05) is 6.61 Å². The highest BCUT2D eigenvalue weighted by Gasteiger charge is 2.40. The van der Waals surface area contributed by atoms with Crippen molar-refractivity contribution >= 4 is 8.69 Å². The first kappa shape index (κ1) is 10.0. The van der Waals surface area contributed by atoms with Crippen molar-refractivity contribution in [1.82, 2.24) is 0 Å². The number of ether oxygens (including phenoxy) is 1. The normalized spacial score (nSPS) is 42.2. The molecule has 0 spiro atoms. The number of rotatable bonds is 3. The van der Waals surface area contributed by atoms with Crippen LogP contribution < -0.4 is 0 Å². The summed E-state index contributed by atoms with van der Waals surface area (Å²) in [6.07, 6.45) is -2.84. The van der Waals surface area contributed by atoms with Gasteiger partial charge in [0, 0.05) is 0 Å². The maximum Gasteiger partial charge on any atom is 0.327 e. The van der Waals surface area contributed by atoms with Gasteiger partial charge < -0.3 is 14.9 Å². The Labute approximate surface area is 71.6 Å². The summed E-state index contributed by atoms with van der Waals surface area (Å²) in [5, 5.41) is 18.5. The Kier molecular flexibility index (Phi) is 3.55. The zero-order valence-electron chi connectivity index (χ0n) is 6.58. The molecule has 1 aliphatic heterocycles. The number of aliphatic hydroxyl groups is 2. The van der Waals surface area contributed by atoms with E-state index in [1.807, 2.05) is 0 Å². The molecule has 2 N–H and O–H groups in total. The quantitative estimate of drug-likeness (QED) is 0.604. The lowest BCUT2D eigenvalue weighted by Gasteiger charge is -2.11. The van der Waals surface area contributed by atoms with Crippen LogP contribution in [-0.2, 0) is 13.8 Å². The van der Waals surface area contributed by atoms with Crippen LogP contribution in [0.1, 0.15) is 6.92 Å². The highest BCUT2D eigenvalue weighted by atomic mass is 31.1. The lowest BCUT2D eigenvalue weighted by atomic mass is 10.1. The molecule has 1 unspecified atom stereocenters. The Morgan fingerprint density at radius 2 is 2.17 bits per heavy atom. The van der Waals surface area contributed by atoms with Crippen LogP contribution in [-0.4, -0.2) is 41.2 Å². The largest absolute Gasteiger partial charge is 0.388 e. The van der Waals surface area contributed by atoms with Crippen LogP contribution in [0, 0.1) is 0 Å². The molecule has 1 saturated heterocycles. The van der Waals surface area contributed by atoms with E-state index in [1.54, 1.807) is 6.92 Å². The molecular weight excluding hydrogens is 183 g/mol. The monoisotopic (exact) mass is 194 g/mol. The van der Waals surface area contributed by atoms with Crippen LogP contribution in [0.3, 0.4) is 0 Å². The van der Waals surface area contributed by atoms with E-state index in [9.17, 15) is 14.8 Å². The van der Waals surface area contributed by atoms with Crippen molar-refractivity contribution in [3.8, 4) is 0 Å². The lowest BCUT2D eigenvalue weighted by Crippen LogP contribution is -2.33. The molecule has 12 heavy (non-hydrogen) atoms. The number of hydrogen-bond acceptors (Lipinski definition) is 5. The summed E-state index contributed by atoms with van der Waals surface area (Å²) in [7, 11) is -0.447. The SMILES string of the molecule is CC1O[C@H](COP=O)[C@@H](O)[C@H]1O. The second-order valence-electron chi connectivity index (χ2n) is 2.73. The fourth-order valence-corrected chi connectivity index (χ4v) is 1.38. The summed E-state index contributed by atoms with van der Waals surface area (Å²) in [5.41, 5.74) is 0. The maximum atomic E-state index is 9.91. The summed E-state index contributed by atoms with van der Waals surface area (Å²) in [4.78, 5) is 0. The summed E-state index contributed by atoms with van der Waals surface area (Å²) in [5.74, 6) is 0. The van der Waals surface area contributed by atoms with E-state index in [2.05, 4.69) is 4.52 Å². The topological polar surface area (TPSA) is 76.0 Å². The second kappa shape index (κ2) is 4.25. The summed E-state index contributed by atoms with van der Waals surface area (Å²) >= 11 is 0. The van der Waals surface area contributed by atoms with Gasteiger partial charge in [0.05, 0.1) is 12.7 Å². The minimum atomic E-state index is -0.957. The second-order valence-corrected chi connectivity index (χ2v) is 3.14. The smallest absolute Gasteiger partial charge is 0.327 e. The van der Waals surface area contributed by atoms with Gasteiger partial charge in [-0.1, -0.05) is 0 Å². The summed E-state index contributed by atoms with van der Waals surface area (Å²) in [6, 6.07) is 0. The van der Waals surface area contributed by atoms with Crippen LogP contribution >= 0.6 is 8.69 Å². The third-order valence-electron chi connectivity index (χ3n) is 1.89. The zero-order valence-corrected chi connectivity index (χ0v) is 7.48. The Bertz CT molecular complexity index is 164. The van der Waals surface area contributed by atoms with Crippen LogP contribution in [0.5, 0.6) is 0 Å².